The Balaban J connectivity index is 2.60. The highest BCUT2D eigenvalue weighted by Crippen LogP contribution is 2.42. The predicted molar refractivity (Wildman–Crippen MR) is 73.5 cm³/mol. The van der Waals surface area contributed by atoms with Gasteiger partial charge in [-0.1, -0.05) is 19.9 Å². The molecular formula is C15H22N2O. The third kappa shape index (κ3) is 1.83. The molecule has 3 heteroatoms. The predicted octanol–water partition coefficient (Wildman–Crippen LogP) is 2.12. The van der Waals surface area contributed by atoms with E-state index in [1.54, 1.807) is 0 Å². The summed E-state index contributed by atoms with van der Waals surface area (Å²) >= 11 is 0. The number of nitrogens with two attached hydrogens (primary N) is 2. The molecule has 0 saturated heterocycles. The maximum absolute atomic E-state index is 11.3. The maximum Gasteiger partial charge on any atom is 0.248 e. The zero-order valence-corrected chi connectivity index (χ0v) is 11.2. The van der Waals surface area contributed by atoms with Crippen molar-refractivity contribution in [2.24, 2.45) is 11.5 Å². The quantitative estimate of drug-likeness (QED) is 0.857. The summed E-state index contributed by atoms with van der Waals surface area (Å²) in [7, 11) is 0. The van der Waals surface area contributed by atoms with Crippen LogP contribution in [0.15, 0.2) is 18.2 Å². The number of hydrogen-bond acceptors (Lipinski definition) is 2. The van der Waals surface area contributed by atoms with Gasteiger partial charge in [0.15, 0.2) is 0 Å². The largest absolute Gasteiger partial charge is 0.366 e. The first-order valence-electron chi connectivity index (χ1n) is 6.74. The molecule has 0 saturated carbocycles. The number of carbonyl (C=O) groups is 1. The van der Waals surface area contributed by atoms with Crippen LogP contribution in [0.2, 0.25) is 0 Å². The maximum atomic E-state index is 11.3. The molecule has 1 aliphatic carbocycles. The van der Waals surface area contributed by atoms with Gasteiger partial charge in [0.25, 0.3) is 0 Å². The highest BCUT2D eigenvalue weighted by Gasteiger charge is 2.39. The number of benzene rings is 1. The van der Waals surface area contributed by atoms with Gasteiger partial charge in [0, 0.05) is 17.0 Å². The van der Waals surface area contributed by atoms with Crippen LogP contribution in [0.3, 0.4) is 0 Å². The van der Waals surface area contributed by atoms with E-state index in [0.29, 0.717) is 5.56 Å². The summed E-state index contributed by atoms with van der Waals surface area (Å²) in [6.07, 6.45) is 4.02. The van der Waals surface area contributed by atoms with Crippen molar-refractivity contribution in [3.05, 3.63) is 34.9 Å². The van der Waals surface area contributed by atoms with Crippen molar-refractivity contribution in [2.45, 2.75) is 51.0 Å². The third-order valence-corrected chi connectivity index (χ3v) is 4.63. The van der Waals surface area contributed by atoms with Crippen molar-refractivity contribution in [1.82, 2.24) is 0 Å². The number of hydrogen-bond donors (Lipinski definition) is 2. The van der Waals surface area contributed by atoms with Crippen LogP contribution in [0, 0.1) is 0 Å². The molecule has 1 aliphatic rings. The lowest BCUT2D eigenvalue weighted by molar-refractivity contribution is 0.1000. The summed E-state index contributed by atoms with van der Waals surface area (Å²) in [5.41, 5.74) is 14.9. The molecule has 98 valence electrons. The summed E-state index contributed by atoms with van der Waals surface area (Å²) in [6, 6.07) is 6.00. The number of amides is 1. The van der Waals surface area contributed by atoms with Crippen LogP contribution < -0.4 is 11.5 Å². The van der Waals surface area contributed by atoms with Gasteiger partial charge in [0.1, 0.15) is 0 Å². The number of primary amides is 1. The van der Waals surface area contributed by atoms with Crippen LogP contribution in [-0.4, -0.2) is 11.9 Å². The van der Waals surface area contributed by atoms with Gasteiger partial charge in [-0.05, 0) is 48.9 Å². The molecular weight excluding hydrogens is 224 g/mol. The minimum atomic E-state index is -0.363. The van der Waals surface area contributed by atoms with Crippen LogP contribution in [0.4, 0.5) is 0 Å². The van der Waals surface area contributed by atoms with Gasteiger partial charge >= 0.3 is 0 Å². The van der Waals surface area contributed by atoms with Crippen molar-refractivity contribution in [2.75, 3.05) is 0 Å². The first-order valence-corrected chi connectivity index (χ1v) is 6.74. The second-order valence-electron chi connectivity index (χ2n) is 5.24. The topological polar surface area (TPSA) is 69.1 Å². The first-order chi connectivity index (χ1) is 8.55. The van der Waals surface area contributed by atoms with Gasteiger partial charge in [-0.3, -0.25) is 4.79 Å². The van der Waals surface area contributed by atoms with E-state index < -0.39 is 0 Å². The SMILES string of the molecule is CCC1(CC)c2cc(C(N)=O)ccc2CCC1N. The summed E-state index contributed by atoms with van der Waals surface area (Å²) < 4.78 is 0. The summed E-state index contributed by atoms with van der Waals surface area (Å²) in [5, 5.41) is 0. The van der Waals surface area contributed by atoms with Gasteiger partial charge < -0.3 is 11.5 Å². The molecule has 1 aromatic carbocycles. The van der Waals surface area contributed by atoms with Gasteiger partial charge in [0.2, 0.25) is 5.91 Å². The third-order valence-electron chi connectivity index (χ3n) is 4.63. The van der Waals surface area contributed by atoms with Gasteiger partial charge in [-0.2, -0.15) is 0 Å². The minimum absolute atomic E-state index is 0.000949. The molecule has 0 aliphatic heterocycles. The Labute approximate surface area is 109 Å². The molecule has 0 bridgehead atoms. The number of fused-ring (bicyclic) bond motifs is 1. The fourth-order valence-electron chi connectivity index (χ4n) is 3.35. The van der Waals surface area contributed by atoms with E-state index in [2.05, 4.69) is 13.8 Å². The average molecular weight is 246 g/mol. The second-order valence-corrected chi connectivity index (χ2v) is 5.24. The van der Waals surface area contributed by atoms with Gasteiger partial charge in [-0.15, -0.1) is 0 Å². The van der Waals surface area contributed by atoms with E-state index in [1.165, 1.54) is 11.1 Å². The lowest BCUT2D eigenvalue weighted by Gasteiger charge is -2.43. The summed E-state index contributed by atoms with van der Waals surface area (Å²) in [5.74, 6) is -0.363. The van der Waals surface area contributed by atoms with E-state index in [4.69, 9.17) is 11.5 Å². The number of carbonyl (C=O) groups excluding carboxylic acids is 1. The van der Waals surface area contributed by atoms with E-state index in [1.807, 2.05) is 18.2 Å². The molecule has 0 fully saturated rings. The average Bonchev–Trinajstić information content (AvgIpc) is 2.38. The Morgan fingerprint density at radius 2 is 2.06 bits per heavy atom. The van der Waals surface area contributed by atoms with Gasteiger partial charge in [0.05, 0.1) is 0 Å². The van der Waals surface area contributed by atoms with Crippen molar-refractivity contribution in [3.8, 4) is 0 Å². The molecule has 3 nitrogen and oxygen atoms in total. The van der Waals surface area contributed by atoms with Crippen molar-refractivity contribution >= 4 is 5.91 Å². The van der Waals surface area contributed by atoms with E-state index >= 15 is 0 Å². The van der Waals surface area contributed by atoms with E-state index in [-0.39, 0.29) is 17.4 Å². The van der Waals surface area contributed by atoms with Crippen molar-refractivity contribution < 1.29 is 4.79 Å². The van der Waals surface area contributed by atoms with Crippen LogP contribution in [0.1, 0.15) is 54.6 Å². The second kappa shape index (κ2) is 4.73. The normalized spacial score (nSPS) is 21.4. The standard InChI is InChI=1S/C15H22N2O/c1-3-15(4-2)12-9-11(14(17)18)6-5-10(12)7-8-13(15)16/h5-6,9,13H,3-4,7-8,16H2,1-2H3,(H2,17,18). The zero-order chi connectivity index (χ0) is 13.3. The van der Waals surface area contributed by atoms with Crippen LogP contribution in [0.5, 0.6) is 0 Å². The summed E-state index contributed by atoms with van der Waals surface area (Å²) in [4.78, 5) is 11.3. The smallest absolute Gasteiger partial charge is 0.248 e. The molecule has 1 atom stereocenters. The molecule has 2 rings (SSSR count). The Kier molecular flexibility index (Phi) is 3.44. The molecule has 1 aromatic rings. The Hall–Kier alpha value is -1.35. The highest BCUT2D eigenvalue weighted by atomic mass is 16.1. The molecule has 4 N–H and O–H groups in total. The number of rotatable bonds is 3. The molecule has 1 amide bonds. The molecule has 0 aromatic heterocycles. The van der Waals surface area contributed by atoms with Crippen LogP contribution in [0.25, 0.3) is 0 Å². The van der Waals surface area contributed by atoms with Crippen molar-refractivity contribution in [1.29, 1.82) is 0 Å². The number of aryl methyl sites for hydroxylation is 1. The fourth-order valence-corrected chi connectivity index (χ4v) is 3.35. The molecule has 0 heterocycles. The summed E-state index contributed by atoms with van der Waals surface area (Å²) in [6.45, 7) is 4.35. The van der Waals surface area contributed by atoms with Crippen molar-refractivity contribution in [3.63, 3.8) is 0 Å². The molecule has 0 radical (unpaired) electrons. The molecule has 1 unspecified atom stereocenters. The van der Waals surface area contributed by atoms with E-state index in [9.17, 15) is 4.79 Å². The van der Waals surface area contributed by atoms with Gasteiger partial charge in [-0.25, -0.2) is 0 Å². The Morgan fingerprint density at radius 3 is 2.61 bits per heavy atom. The molecule has 0 spiro atoms. The minimum Gasteiger partial charge on any atom is -0.366 e. The zero-order valence-electron chi connectivity index (χ0n) is 11.2. The Bertz CT molecular complexity index is 464. The highest BCUT2D eigenvalue weighted by molar-refractivity contribution is 5.93. The lowest BCUT2D eigenvalue weighted by atomic mass is 9.63. The monoisotopic (exact) mass is 246 g/mol. The lowest BCUT2D eigenvalue weighted by Crippen LogP contribution is -2.48. The van der Waals surface area contributed by atoms with E-state index in [0.717, 1.165) is 25.7 Å². The fraction of sp³-hybridized carbons (Fsp3) is 0.533. The first kappa shape index (κ1) is 13.1. The van der Waals surface area contributed by atoms with Crippen LogP contribution in [-0.2, 0) is 11.8 Å². The van der Waals surface area contributed by atoms with Crippen LogP contribution >= 0.6 is 0 Å². The molecule has 18 heavy (non-hydrogen) atoms. The Morgan fingerprint density at radius 1 is 1.39 bits per heavy atom.